The molecule has 0 bridgehead atoms. The second-order valence-electron chi connectivity index (χ2n) is 3.41. The SMILES string of the molecule is CS(=O)(=O)N1C=CC2=CC=C(Br)CC21. The largest absolute Gasteiger partial charge is 0.270 e. The summed E-state index contributed by atoms with van der Waals surface area (Å²) in [5, 5.41) is 0. The van der Waals surface area contributed by atoms with Crippen molar-refractivity contribution in [2.75, 3.05) is 6.26 Å². The molecule has 0 saturated heterocycles. The maximum Gasteiger partial charge on any atom is 0.232 e. The highest BCUT2D eigenvalue weighted by atomic mass is 79.9. The summed E-state index contributed by atoms with van der Waals surface area (Å²) >= 11 is 3.39. The van der Waals surface area contributed by atoms with Crippen LogP contribution in [0.3, 0.4) is 0 Å². The zero-order chi connectivity index (χ0) is 10.3. The molecule has 0 aromatic carbocycles. The molecule has 0 N–H and O–H groups in total. The normalized spacial score (nSPS) is 25.9. The van der Waals surface area contributed by atoms with E-state index in [-0.39, 0.29) is 6.04 Å². The average molecular weight is 276 g/mol. The van der Waals surface area contributed by atoms with Crippen LogP contribution >= 0.6 is 15.9 Å². The summed E-state index contributed by atoms with van der Waals surface area (Å²) in [6, 6.07) is -0.0515. The van der Waals surface area contributed by atoms with Crippen molar-refractivity contribution in [1.29, 1.82) is 0 Å². The summed E-state index contributed by atoms with van der Waals surface area (Å²) in [4.78, 5) is 0. The van der Waals surface area contributed by atoms with Crippen LogP contribution in [0, 0.1) is 0 Å². The van der Waals surface area contributed by atoms with Crippen molar-refractivity contribution in [2.24, 2.45) is 0 Å². The van der Waals surface area contributed by atoms with Crippen molar-refractivity contribution >= 4 is 26.0 Å². The molecular formula is C9H10BrNO2S. The molecule has 1 heterocycles. The second kappa shape index (κ2) is 3.24. The molecule has 76 valence electrons. The van der Waals surface area contributed by atoms with Gasteiger partial charge in [0.15, 0.2) is 0 Å². The number of nitrogens with zero attached hydrogens (tertiary/aromatic N) is 1. The monoisotopic (exact) mass is 275 g/mol. The fourth-order valence-corrected chi connectivity index (χ4v) is 3.06. The fraction of sp³-hybridized carbons (Fsp3) is 0.333. The summed E-state index contributed by atoms with van der Waals surface area (Å²) in [5.41, 5.74) is 1.05. The van der Waals surface area contributed by atoms with E-state index in [9.17, 15) is 8.42 Å². The lowest BCUT2D eigenvalue weighted by Gasteiger charge is -2.25. The fourth-order valence-electron chi connectivity index (χ4n) is 1.68. The van der Waals surface area contributed by atoms with Crippen LogP contribution in [0.2, 0.25) is 0 Å². The molecule has 14 heavy (non-hydrogen) atoms. The van der Waals surface area contributed by atoms with Gasteiger partial charge in [0.05, 0.1) is 12.3 Å². The molecule has 0 radical (unpaired) electrons. The lowest BCUT2D eigenvalue weighted by atomic mass is 10.0. The van der Waals surface area contributed by atoms with E-state index in [1.807, 2.05) is 18.2 Å². The molecule has 3 nitrogen and oxygen atoms in total. The zero-order valence-corrected chi connectivity index (χ0v) is 10.0. The Morgan fingerprint density at radius 2 is 2.21 bits per heavy atom. The molecule has 2 rings (SSSR count). The van der Waals surface area contributed by atoms with E-state index in [0.29, 0.717) is 6.42 Å². The Morgan fingerprint density at radius 1 is 1.50 bits per heavy atom. The number of fused-ring (bicyclic) bond motifs is 1. The Bertz CT molecular complexity index is 447. The van der Waals surface area contributed by atoms with Gasteiger partial charge in [0, 0.05) is 12.6 Å². The number of sulfonamides is 1. The molecule has 1 unspecified atom stereocenters. The Morgan fingerprint density at radius 3 is 2.86 bits per heavy atom. The Labute approximate surface area is 92.0 Å². The van der Waals surface area contributed by atoms with Crippen molar-refractivity contribution in [3.05, 3.63) is 34.5 Å². The zero-order valence-electron chi connectivity index (χ0n) is 7.64. The Balaban J connectivity index is 2.36. The minimum atomic E-state index is -3.14. The number of rotatable bonds is 1. The Hall–Kier alpha value is -0.550. The molecule has 1 atom stereocenters. The molecule has 0 spiro atoms. The lowest BCUT2D eigenvalue weighted by Crippen LogP contribution is -2.33. The second-order valence-corrected chi connectivity index (χ2v) is 6.32. The van der Waals surface area contributed by atoms with Crippen molar-refractivity contribution in [1.82, 2.24) is 4.31 Å². The van der Waals surface area contributed by atoms with Crippen LogP contribution in [-0.2, 0) is 10.0 Å². The number of allylic oxidation sites excluding steroid dienone is 2. The summed E-state index contributed by atoms with van der Waals surface area (Å²) in [6.45, 7) is 0. The average Bonchev–Trinajstić information content (AvgIpc) is 2.45. The third-order valence-corrected chi connectivity index (χ3v) is 4.06. The summed E-state index contributed by atoms with van der Waals surface area (Å²) in [5.74, 6) is 0. The highest BCUT2D eigenvalue weighted by molar-refractivity contribution is 9.11. The van der Waals surface area contributed by atoms with Crippen molar-refractivity contribution in [2.45, 2.75) is 12.5 Å². The number of hydrogen-bond donors (Lipinski definition) is 0. The van der Waals surface area contributed by atoms with Gasteiger partial charge in [-0.2, -0.15) is 0 Å². The van der Waals surface area contributed by atoms with E-state index in [0.717, 1.165) is 10.1 Å². The molecule has 0 aromatic heterocycles. The minimum Gasteiger partial charge on any atom is -0.270 e. The maximum atomic E-state index is 11.4. The van der Waals surface area contributed by atoms with Crippen LogP contribution in [0.4, 0.5) is 0 Å². The van der Waals surface area contributed by atoms with Crippen molar-refractivity contribution in [3.63, 3.8) is 0 Å². The first kappa shape index (κ1) is 9.98. The van der Waals surface area contributed by atoms with Crippen LogP contribution in [0.25, 0.3) is 0 Å². The minimum absolute atomic E-state index is 0.0515. The molecule has 5 heteroatoms. The molecule has 0 saturated carbocycles. The molecular weight excluding hydrogens is 266 g/mol. The summed E-state index contributed by atoms with van der Waals surface area (Å²) in [6.07, 6.45) is 9.33. The number of halogens is 1. The Kier molecular flexibility index (Phi) is 2.31. The smallest absolute Gasteiger partial charge is 0.232 e. The van der Waals surface area contributed by atoms with Gasteiger partial charge in [0.1, 0.15) is 0 Å². The van der Waals surface area contributed by atoms with Gasteiger partial charge in [-0.3, -0.25) is 4.31 Å². The molecule has 1 aliphatic carbocycles. The van der Waals surface area contributed by atoms with E-state index < -0.39 is 10.0 Å². The van der Waals surface area contributed by atoms with Crippen LogP contribution in [-0.4, -0.2) is 25.0 Å². The summed E-state index contributed by atoms with van der Waals surface area (Å²) < 4.78 is 25.3. The number of hydrogen-bond acceptors (Lipinski definition) is 2. The first-order valence-corrected chi connectivity index (χ1v) is 6.85. The molecule has 0 fully saturated rings. The van der Waals surface area contributed by atoms with E-state index >= 15 is 0 Å². The van der Waals surface area contributed by atoms with Crippen molar-refractivity contribution < 1.29 is 8.42 Å². The highest BCUT2D eigenvalue weighted by Crippen LogP contribution is 2.33. The van der Waals surface area contributed by atoms with Gasteiger partial charge in [-0.1, -0.05) is 28.1 Å². The van der Waals surface area contributed by atoms with Gasteiger partial charge >= 0.3 is 0 Å². The van der Waals surface area contributed by atoms with Gasteiger partial charge < -0.3 is 0 Å². The standard InChI is InChI=1S/C9H10BrNO2S/c1-14(12,13)11-5-4-7-2-3-8(10)6-9(7)11/h2-5,9H,6H2,1H3. The molecule has 0 aromatic rings. The van der Waals surface area contributed by atoms with Crippen molar-refractivity contribution in [3.8, 4) is 0 Å². The first-order valence-electron chi connectivity index (χ1n) is 4.21. The van der Waals surface area contributed by atoms with Gasteiger partial charge in [0.25, 0.3) is 0 Å². The van der Waals surface area contributed by atoms with E-state index in [1.54, 1.807) is 6.20 Å². The third-order valence-electron chi connectivity index (χ3n) is 2.33. The predicted octanol–water partition coefficient (Wildman–Crippen LogP) is 1.75. The molecule has 0 amide bonds. The van der Waals surface area contributed by atoms with Gasteiger partial charge in [-0.05, 0) is 16.1 Å². The van der Waals surface area contributed by atoms with E-state index in [1.165, 1.54) is 10.6 Å². The third kappa shape index (κ3) is 1.66. The topological polar surface area (TPSA) is 37.4 Å². The van der Waals surface area contributed by atoms with Gasteiger partial charge in [0.2, 0.25) is 10.0 Å². The first-order chi connectivity index (χ1) is 6.48. The van der Waals surface area contributed by atoms with E-state index in [2.05, 4.69) is 15.9 Å². The lowest BCUT2D eigenvalue weighted by molar-refractivity contribution is 0.458. The van der Waals surface area contributed by atoms with Gasteiger partial charge in [-0.15, -0.1) is 0 Å². The van der Waals surface area contributed by atoms with Crippen LogP contribution in [0.5, 0.6) is 0 Å². The molecule has 2 aliphatic rings. The highest BCUT2D eigenvalue weighted by Gasteiger charge is 2.31. The molecule has 1 aliphatic heterocycles. The maximum absolute atomic E-state index is 11.4. The van der Waals surface area contributed by atoms with E-state index in [4.69, 9.17) is 0 Å². The summed E-state index contributed by atoms with van der Waals surface area (Å²) in [7, 11) is -3.14. The van der Waals surface area contributed by atoms with Crippen LogP contribution in [0.15, 0.2) is 34.5 Å². The van der Waals surface area contributed by atoms with Gasteiger partial charge in [-0.25, -0.2) is 8.42 Å². The quantitative estimate of drug-likeness (QED) is 0.731. The van der Waals surface area contributed by atoms with Crippen LogP contribution in [0.1, 0.15) is 6.42 Å². The van der Waals surface area contributed by atoms with Crippen LogP contribution < -0.4 is 0 Å². The predicted molar refractivity (Wildman–Crippen MR) is 59.3 cm³/mol.